The molecule has 1 aromatic rings. The van der Waals surface area contributed by atoms with E-state index >= 15 is 0 Å². The van der Waals surface area contributed by atoms with E-state index < -0.39 is 7.12 Å². The average molecular weight is 164 g/mol. The van der Waals surface area contributed by atoms with Crippen molar-refractivity contribution in [1.29, 1.82) is 0 Å². The first-order valence-electron chi connectivity index (χ1n) is 3.78. The molecule has 0 unspecified atom stereocenters. The molecule has 4 heteroatoms. The van der Waals surface area contributed by atoms with Gasteiger partial charge in [0.05, 0.1) is 13.7 Å². The van der Waals surface area contributed by atoms with Gasteiger partial charge in [0, 0.05) is 5.56 Å². The first kappa shape index (κ1) is 7.64. The number of benzene rings is 1. The maximum absolute atomic E-state index is 9.32. The zero-order valence-corrected chi connectivity index (χ0v) is 6.78. The molecule has 0 aliphatic carbocycles. The lowest BCUT2D eigenvalue weighted by Crippen LogP contribution is -2.27. The second-order valence-corrected chi connectivity index (χ2v) is 2.69. The van der Waals surface area contributed by atoms with Crippen molar-refractivity contribution in [2.24, 2.45) is 0 Å². The molecule has 1 aliphatic heterocycles. The monoisotopic (exact) mass is 164 g/mol. The predicted octanol–water partition coefficient (Wildman–Crippen LogP) is -0.0871. The van der Waals surface area contributed by atoms with Crippen LogP contribution in [0.4, 0.5) is 0 Å². The quantitative estimate of drug-likeness (QED) is 0.589. The standard InChI is InChI=1S/C8H9BO3/c1-11-8-4-2-3-7-6(8)5-12-9(7)10/h2-4,10H,5H2,1H3. The molecule has 1 aromatic carbocycles. The van der Waals surface area contributed by atoms with Crippen molar-refractivity contribution >= 4 is 12.6 Å². The van der Waals surface area contributed by atoms with Gasteiger partial charge in [-0.3, -0.25) is 0 Å². The summed E-state index contributed by atoms with van der Waals surface area (Å²) in [6, 6.07) is 5.55. The third-order valence-corrected chi connectivity index (χ3v) is 2.04. The van der Waals surface area contributed by atoms with Crippen molar-refractivity contribution in [3.05, 3.63) is 23.8 Å². The predicted molar refractivity (Wildman–Crippen MR) is 45.4 cm³/mol. The van der Waals surface area contributed by atoms with Gasteiger partial charge < -0.3 is 14.4 Å². The number of hydrogen-bond donors (Lipinski definition) is 1. The summed E-state index contributed by atoms with van der Waals surface area (Å²) in [5, 5.41) is 9.32. The van der Waals surface area contributed by atoms with Crippen LogP contribution in [0.3, 0.4) is 0 Å². The van der Waals surface area contributed by atoms with E-state index in [0.29, 0.717) is 6.61 Å². The van der Waals surface area contributed by atoms with E-state index in [2.05, 4.69) is 0 Å². The minimum absolute atomic E-state index is 0.431. The molecule has 3 nitrogen and oxygen atoms in total. The molecule has 2 rings (SSSR count). The molecule has 0 radical (unpaired) electrons. The lowest BCUT2D eigenvalue weighted by atomic mass is 9.79. The molecule has 0 amide bonds. The van der Waals surface area contributed by atoms with E-state index in [1.807, 2.05) is 18.2 Å². The van der Waals surface area contributed by atoms with Gasteiger partial charge in [-0.1, -0.05) is 12.1 Å². The van der Waals surface area contributed by atoms with Crippen LogP contribution in [0.25, 0.3) is 0 Å². The van der Waals surface area contributed by atoms with Crippen LogP contribution >= 0.6 is 0 Å². The Balaban J connectivity index is 2.50. The van der Waals surface area contributed by atoms with Crippen LogP contribution in [0.5, 0.6) is 5.75 Å². The van der Waals surface area contributed by atoms with Gasteiger partial charge in [0.2, 0.25) is 0 Å². The third kappa shape index (κ3) is 1.00. The Labute approximate surface area is 71.1 Å². The molecule has 62 valence electrons. The Hall–Kier alpha value is -0.995. The van der Waals surface area contributed by atoms with Crippen LogP contribution < -0.4 is 10.2 Å². The molecule has 12 heavy (non-hydrogen) atoms. The summed E-state index contributed by atoms with van der Waals surface area (Å²) in [4.78, 5) is 0. The number of rotatable bonds is 1. The molecule has 0 spiro atoms. The first-order valence-corrected chi connectivity index (χ1v) is 3.78. The lowest BCUT2D eigenvalue weighted by molar-refractivity contribution is 0.271. The zero-order chi connectivity index (χ0) is 8.55. The van der Waals surface area contributed by atoms with Gasteiger partial charge in [-0.25, -0.2) is 0 Å². The van der Waals surface area contributed by atoms with Crippen LogP contribution in [0, 0.1) is 0 Å². The minimum atomic E-state index is -0.782. The average Bonchev–Trinajstić information content (AvgIpc) is 2.48. The second kappa shape index (κ2) is 2.81. The molecular weight excluding hydrogens is 155 g/mol. The lowest BCUT2D eigenvalue weighted by Gasteiger charge is -2.04. The molecule has 0 aromatic heterocycles. The number of hydrogen-bond acceptors (Lipinski definition) is 3. The van der Waals surface area contributed by atoms with Crippen molar-refractivity contribution < 1.29 is 14.4 Å². The van der Waals surface area contributed by atoms with Crippen LogP contribution in [0.1, 0.15) is 5.56 Å². The highest BCUT2D eigenvalue weighted by molar-refractivity contribution is 6.61. The fraction of sp³-hybridized carbons (Fsp3) is 0.250. The Bertz CT molecular complexity index is 300. The molecule has 0 saturated carbocycles. The minimum Gasteiger partial charge on any atom is -0.496 e. The normalized spacial score (nSPS) is 14.7. The van der Waals surface area contributed by atoms with E-state index in [-0.39, 0.29) is 0 Å². The highest BCUT2D eigenvalue weighted by atomic mass is 16.5. The zero-order valence-electron chi connectivity index (χ0n) is 6.78. The van der Waals surface area contributed by atoms with E-state index in [1.165, 1.54) is 0 Å². The molecule has 0 saturated heterocycles. The third-order valence-electron chi connectivity index (χ3n) is 2.04. The summed E-state index contributed by atoms with van der Waals surface area (Å²) in [5.74, 6) is 0.782. The van der Waals surface area contributed by atoms with E-state index in [9.17, 15) is 5.02 Å². The van der Waals surface area contributed by atoms with Crippen LogP contribution in [-0.2, 0) is 11.3 Å². The SMILES string of the molecule is COc1cccc2c1COB2O. The van der Waals surface area contributed by atoms with Crippen molar-refractivity contribution in [1.82, 2.24) is 0 Å². The highest BCUT2D eigenvalue weighted by Gasteiger charge is 2.29. The summed E-state index contributed by atoms with van der Waals surface area (Å²) < 4.78 is 10.2. The van der Waals surface area contributed by atoms with Gasteiger partial charge in [-0.2, -0.15) is 0 Å². The molecule has 0 atom stereocenters. The number of fused-ring (bicyclic) bond motifs is 1. The van der Waals surface area contributed by atoms with Gasteiger partial charge in [0.1, 0.15) is 5.75 Å². The van der Waals surface area contributed by atoms with Crippen LogP contribution in [0.2, 0.25) is 0 Å². The van der Waals surface area contributed by atoms with Gasteiger partial charge >= 0.3 is 7.12 Å². The van der Waals surface area contributed by atoms with E-state index in [4.69, 9.17) is 9.39 Å². The summed E-state index contributed by atoms with van der Waals surface area (Å²) in [7, 11) is 0.829. The molecule has 1 N–H and O–H groups in total. The Morgan fingerprint density at radius 1 is 1.58 bits per heavy atom. The van der Waals surface area contributed by atoms with Crippen molar-refractivity contribution in [2.75, 3.05) is 7.11 Å². The maximum atomic E-state index is 9.32. The number of ether oxygens (including phenoxy) is 1. The largest absolute Gasteiger partial charge is 0.496 e. The van der Waals surface area contributed by atoms with Gasteiger partial charge in [0.15, 0.2) is 0 Å². The molecular formula is C8H9BO3. The second-order valence-electron chi connectivity index (χ2n) is 2.69. The Kier molecular flexibility index (Phi) is 1.79. The fourth-order valence-electron chi connectivity index (χ4n) is 1.41. The van der Waals surface area contributed by atoms with Crippen molar-refractivity contribution in [3.63, 3.8) is 0 Å². The van der Waals surface area contributed by atoms with Crippen molar-refractivity contribution in [2.45, 2.75) is 6.61 Å². The van der Waals surface area contributed by atoms with Gasteiger partial charge in [-0.05, 0) is 11.5 Å². The first-order chi connectivity index (χ1) is 5.83. The fourth-order valence-corrected chi connectivity index (χ4v) is 1.41. The summed E-state index contributed by atoms with van der Waals surface area (Å²) >= 11 is 0. The van der Waals surface area contributed by atoms with E-state index in [1.54, 1.807) is 7.11 Å². The smallest absolute Gasteiger partial charge is 0.491 e. The van der Waals surface area contributed by atoms with Crippen molar-refractivity contribution in [3.8, 4) is 5.75 Å². The maximum Gasteiger partial charge on any atom is 0.491 e. The molecule has 0 bridgehead atoms. The Morgan fingerprint density at radius 3 is 3.17 bits per heavy atom. The Morgan fingerprint density at radius 2 is 2.42 bits per heavy atom. The topological polar surface area (TPSA) is 38.7 Å². The summed E-state index contributed by atoms with van der Waals surface area (Å²) in [6.07, 6.45) is 0. The van der Waals surface area contributed by atoms with Crippen LogP contribution in [0.15, 0.2) is 18.2 Å². The molecule has 1 aliphatic rings. The van der Waals surface area contributed by atoms with Gasteiger partial charge in [-0.15, -0.1) is 0 Å². The summed E-state index contributed by atoms with van der Waals surface area (Å²) in [6.45, 7) is 0.431. The highest BCUT2D eigenvalue weighted by Crippen LogP contribution is 2.20. The van der Waals surface area contributed by atoms with Gasteiger partial charge in [0.25, 0.3) is 0 Å². The molecule has 0 fully saturated rings. The number of methoxy groups -OCH3 is 1. The van der Waals surface area contributed by atoms with Crippen LogP contribution in [-0.4, -0.2) is 19.3 Å². The summed E-state index contributed by atoms with van der Waals surface area (Å²) in [5.41, 5.74) is 1.77. The molecule has 1 heterocycles. The van der Waals surface area contributed by atoms with E-state index in [0.717, 1.165) is 16.8 Å².